The molecule has 3 amide bonds. The van der Waals surface area contributed by atoms with Gasteiger partial charge in [0.15, 0.2) is 0 Å². The maximum absolute atomic E-state index is 14.3. The number of carbonyl (C=O) groups excluding carboxylic acids is 3. The first-order valence-corrected chi connectivity index (χ1v) is 14.1. The summed E-state index contributed by atoms with van der Waals surface area (Å²) in [6.07, 6.45) is 5.88. The van der Waals surface area contributed by atoms with Crippen molar-refractivity contribution in [2.24, 2.45) is 11.8 Å². The summed E-state index contributed by atoms with van der Waals surface area (Å²) in [5.41, 5.74) is -0.849. The molecule has 3 N–H and O–H groups in total. The first-order chi connectivity index (χ1) is 17.9. The Morgan fingerprint density at radius 1 is 1.05 bits per heavy atom. The number of hydrogen-bond donors (Lipinski definition) is 3. The second-order valence-electron chi connectivity index (χ2n) is 10.9. The number of fused-ring (bicyclic) bond motifs is 1. The highest BCUT2D eigenvalue weighted by atomic mass is 16.5. The Labute approximate surface area is 220 Å². The first-order valence-electron chi connectivity index (χ1n) is 14.1. The van der Waals surface area contributed by atoms with Gasteiger partial charge in [0.2, 0.25) is 17.7 Å². The number of unbranched alkanes of at least 4 members (excludes halogenated alkanes) is 2. The van der Waals surface area contributed by atoms with Gasteiger partial charge in [0.1, 0.15) is 11.6 Å². The molecule has 3 saturated heterocycles. The Morgan fingerprint density at radius 2 is 1.78 bits per heavy atom. The van der Waals surface area contributed by atoms with Crippen molar-refractivity contribution < 1.29 is 24.2 Å². The van der Waals surface area contributed by atoms with Gasteiger partial charge in [0, 0.05) is 13.1 Å². The van der Waals surface area contributed by atoms with Crippen molar-refractivity contribution in [1.29, 1.82) is 0 Å². The summed E-state index contributed by atoms with van der Waals surface area (Å²) in [5, 5.41) is 16.5. The van der Waals surface area contributed by atoms with Crippen LogP contribution in [0.5, 0.6) is 0 Å². The van der Waals surface area contributed by atoms with Crippen LogP contribution in [0, 0.1) is 11.8 Å². The van der Waals surface area contributed by atoms with E-state index in [1.807, 2.05) is 44.2 Å². The Hall–Kier alpha value is -2.45. The molecule has 0 aliphatic carbocycles. The molecule has 0 radical (unpaired) electrons. The standard InChI is InChI=1S/C29H43N3O5/c1-4-7-11-17-31-26(35)24-29-15-14-28(6-3,37-29)22(25(34)30-16-5-2)23(29)27(36)32(24)21(19-33)18-20-12-9-8-10-13-20/h8-10,12-13,21-24,33H,4-7,11,14-19H2,1-3H3,(H,30,34)(H,31,35)/t21-,22+,23+,24?,28-,29?/m1/s1. The topological polar surface area (TPSA) is 108 Å². The van der Waals surface area contributed by atoms with Crippen LogP contribution in [0.25, 0.3) is 0 Å². The highest BCUT2D eigenvalue weighted by Crippen LogP contribution is 2.64. The number of rotatable bonds is 13. The van der Waals surface area contributed by atoms with Crippen LogP contribution in [0.15, 0.2) is 30.3 Å². The molecule has 1 aromatic rings. The van der Waals surface area contributed by atoms with Crippen molar-refractivity contribution in [3.63, 3.8) is 0 Å². The number of nitrogens with one attached hydrogen (secondary N) is 2. The van der Waals surface area contributed by atoms with Crippen LogP contribution in [-0.2, 0) is 25.5 Å². The highest BCUT2D eigenvalue weighted by molar-refractivity contribution is 5.99. The molecule has 8 heteroatoms. The predicted molar refractivity (Wildman–Crippen MR) is 141 cm³/mol. The van der Waals surface area contributed by atoms with Crippen molar-refractivity contribution in [3.05, 3.63) is 35.9 Å². The van der Waals surface area contributed by atoms with E-state index in [1.54, 1.807) is 4.90 Å². The van der Waals surface area contributed by atoms with Gasteiger partial charge in [0.25, 0.3) is 0 Å². The molecule has 3 aliphatic rings. The van der Waals surface area contributed by atoms with Crippen LogP contribution in [0.2, 0.25) is 0 Å². The van der Waals surface area contributed by atoms with Gasteiger partial charge in [-0.2, -0.15) is 0 Å². The lowest BCUT2D eigenvalue weighted by Crippen LogP contribution is -2.58. The minimum atomic E-state index is -1.07. The third kappa shape index (κ3) is 4.78. The number of amides is 3. The molecule has 3 heterocycles. The second kappa shape index (κ2) is 11.5. The van der Waals surface area contributed by atoms with Gasteiger partial charge < -0.3 is 25.4 Å². The van der Waals surface area contributed by atoms with Gasteiger partial charge in [-0.15, -0.1) is 0 Å². The lowest BCUT2D eigenvalue weighted by atomic mass is 9.65. The average Bonchev–Trinajstić information content (AvgIpc) is 3.52. The summed E-state index contributed by atoms with van der Waals surface area (Å²) in [6.45, 7) is 6.86. The maximum atomic E-state index is 14.3. The lowest BCUT2D eigenvalue weighted by molar-refractivity contribution is -0.151. The predicted octanol–water partition coefficient (Wildman–Crippen LogP) is 2.58. The van der Waals surface area contributed by atoms with Crippen molar-refractivity contribution in [2.75, 3.05) is 19.7 Å². The molecular formula is C29H43N3O5. The van der Waals surface area contributed by atoms with Gasteiger partial charge in [-0.3, -0.25) is 14.4 Å². The molecule has 3 aliphatic heterocycles. The van der Waals surface area contributed by atoms with E-state index in [1.165, 1.54) is 0 Å². The van der Waals surface area contributed by atoms with E-state index in [0.717, 1.165) is 31.2 Å². The molecule has 0 aromatic heterocycles. The van der Waals surface area contributed by atoms with Gasteiger partial charge >= 0.3 is 0 Å². The SMILES string of the molecule is CCCCCNC(=O)C1N([C@@H](CO)Cc2ccccc2)C(=O)[C@@H]2[C@@H](C(=O)NCCC)[C@@]3(CC)CCC12O3. The number of aliphatic hydroxyl groups excluding tert-OH is 1. The van der Waals surface area contributed by atoms with Crippen LogP contribution < -0.4 is 10.6 Å². The number of aliphatic hydroxyl groups is 1. The van der Waals surface area contributed by atoms with E-state index < -0.39 is 35.1 Å². The van der Waals surface area contributed by atoms with E-state index in [9.17, 15) is 19.5 Å². The van der Waals surface area contributed by atoms with Crippen molar-refractivity contribution >= 4 is 17.7 Å². The quantitative estimate of drug-likeness (QED) is 0.352. The zero-order valence-electron chi connectivity index (χ0n) is 22.5. The number of likely N-dealkylation sites (tertiary alicyclic amines) is 1. The van der Waals surface area contributed by atoms with Crippen LogP contribution in [0.4, 0.5) is 0 Å². The molecule has 1 spiro atoms. The fourth-order valence-electron chi connectivity index (χ4n) is 6.93. The van der Waals surface area contributed by atoms with Crippen LogP contribution in [-0.4, -0.2) is 70.7 Å². The molecule has 2 bridgehead atoms. The third-order valence-corrected chi connectivity index (χ3v) is 8.70. The Kier molecular flexibility index (Phi) is 8.59. The van der Waals surface area contributed by atoms with Crippen LogP contribution in [0.3, 0.4) is 0 Å². The van der Waals surface area contributed by atoms with Crippen LogP contribution in [0.1, 0.15) is 71.3 Å². The monoisotopic (exact) mass is 513 g/mol. The minimum Gasteiger partial charge on any atom is -0.394 e. The van der Waals surface area contributed by atoms with E-state index in [-0.39, 0.29) is 24.3 Å². The minimum absolute atomic E-state index is 0.170. The number of benzene rings is 1. The Bertz CT molecular complexity index is 972. The zero-order valence-corrected chi connectivity index (χ0v) is 22.5. The van der Waals surface area contributed by atoms with E-state index in [4.69, 9.17) is 4.74 Å². The summed E-state index contributed by atoms with van der Waals surface area (Å²) in [4.78, 5) is 43.2. The molecule has 6 atom stereocenters. The summed E-state index contributed by atoms with van der Waals surface area (Å²) >= 11 is 0. The molecule has 8 nitrogen and oxygen atoms in total. The number of ether oxygens (including phenoxy) is 1. The number of nitrogens with zero attached hydrogens (tertiary/aromatic N) is 1. The Balaban J connectivity index is 1.72. The Morgan fingerprint density at radius 3 is 2.43 bits per heavy atom. The van der Waals surface area contributed by atoms with Gasteiger partial charge in [-0.25, -0.2) is 0 Å². The third-order valence-electron chi connectivity index (χ3n) is 8.70. The normalized spacial score (nSPS) is 30.9. The zero-order chi connectivity index (χ0) is 26.6. The molecule has 204 valence electrons. The van der Waals surface area contributed by atoms with Crippen molar-refractivity contribution in [3.8, 4) is 0 Å². The van der Waals surface area contributed by atoms with Gasteiger partial charge in [-0.05, 0) is 44.1 Å². The summed E-state index contributed by atoms with van der Waals surface area (Å²) in [6, 6.07) is 8.19. The molecule has 1 aromatic carbocycles. The van der Waals surface area contributed by atoms with Crippen molar-refractivity contribution in [2.45, 2.75) is 95.4 Å². The summed E-state index contributed by atoms with van der Waals surface area (Å²) in [7, 11) is 0. The van der Waals surface area contributed by atoms with Gasteiger partial charge in [0.05, 0.1) is 30.1 Å². The first kappa shape index (κ1) is 27.6. The largest absolute Gasteiger partial charge is 0.394 e. The smallest absolute Gasteiger partial charge is 0.245 e. The summed E-state index contributed by atoms with van der Waals surface area (Å²) < 4.78 is 6.78. The van der Waals surface area contributed by atoms with Gasteiger partial charge in [-0.1, -0.05) is 63.9 Å². The maximum Gasteiger partial charge on any atom is 0.245 e. The van der Waals surface area contributed by atoms with Crippen molar-refractivity contribution in [1.82, 2.24) is 15.5 Å². The van der Waals surface area contributed by atoms with E-state index >= 15 is 0 Å². The fourth-order valence-corrected chi connectivity index (χ4v) is 6.93. The average molecular weight is 514 g/mol. The molecule has 3 fully saturated rings. The molecular weight excluding hydrogens is 470 g/mol. The lowest BCUT2D eigenvalue weighted by Gasteiger charge is -2.37. The van der Waals surface area contributed by atoms with Crippen LogP contribution >= 0.6 is 0 Å². The number of carbonyl (C=O) groups is 3. The van der Waals surface area contributed by atoms with E-state index in [2.05, 4.69) is 17.6 Å². The second-order valence-corrected chi connectivity index (χ2v) is 10.9. The fraction of sp³-hybridized carbons (Fsp3) is 0.690. The summed E-state index contributed by atoms with van der Waals surface area (Å²) in [5.74, 6) is -2.07. The molecule has 0 saturated carbocycles. The highest BCUT2D eigenvalue weighted by Gasteiger charge is 2.79. The molecule has 4 rings (SSSR count). The molecule has 2 unspecified atom stereocenters. The number of hydrogen-bond acceptors (Lipinski definition) is 5. The molecule has 37 heavy (non-hydrogen) atoms. The van der Waals surface area contributed by atoms with E-state index in [0.29, 0.717) is 38.8 Å².